The lowest BCUT2D eigenvalue weighted by Crippen LogP contribution is -2.44. The zero-order chi connectivity index (χ0) is 17.2. The van der Waals surface area contributed by atoms with E-state index in [1.807, 2.05) is 12.3 Å². The zero-order valence-corrected chi connectivity index (χ0v) is 15.0. The lowest BCUT2D eigenvalue weighted by Gasteiger charge is -2.31. The van der Waals surface area contributed by atoms with Crippen molar-refractivity contribution >= 4 is 5.82 Å². The number of piperidine rings is 1. The maximum Gasteiger partial charge on any atom is 0.259 e. The van der Waals surface area contributed by atoms with Crippen LogP contribution in [0, 0.1) is 5.92 Å². The summed E-state index contributed by atoms with van der Waals surface area (Å²) < 4.78 is 5.48. The van der Waals surface area contributed by atoms with Crippen LogP contribution in [0.15, 0.2) is 22.9 Å². The van der Waals surface area contributed by atoms with Gasteiger partial charge in [-0.3, -0.25) is 4.90 Å². The number of rotatable bonds is 3. The first-order chi connectivity index (χ1) is 12.2. The summed E-state index contributed by atoms with van der Waals surface area (Å²) in [7, 11) is 2.09. The lowest BCUT2D eigenvalue weighted by atomic mass is 9.99. The molecule has 2 aromatic heterocycles. The van der Waals surface area contributed by atoms with E-state index in [-0.39, 0.29) is 6.04 Å². The molecule has 0 saturated carbocycles. The monoisotopic (exact) mass is 342 g/mol. The Morgan fingerprint density at radius 2 is 2.04 bits per heavy atom. The molecule has 1 atom stereocenters. The first-order valence-corrected chi connectivity index (χ1v) is 9.16. The van der Waals surface area contributed by atoms with Crippen molar-refractivity contribution in [2.24, 2.45) is 5.92 Å². The Bertz CT molecular complexity index is 692. The van der Waals surface area contributed by atoms with Crippen LogP contribution in [0.3, 0.4) is 0 Å². The van der Waals surface area contributed by atoms with Gasteiger partial charge in [0.1, 0.15) is 5.82 Å². The van der Waals surface area contributed by atoms with Crippen molar-refractivity contribution in [3.05, 3.63) is 24.2 Å². The summed E-state index contributed by atoms with van der Waals surface area (Å²) in [6.07, 6.45) is 4.31. The van der Waals surface area contributed by atoms with Crippen molar-refractivity contribution in [3.8, 4) is 11.5 Å². The summed E-state index contributed by atoms with van der Waals surface area (Å²) in [6, 6.07) is 4.25. The van der Waals surface area contributed by atoms with Gasteiger partial charge in [0.25, 0.3) is 5.89 Å². The quantitative estimate of drug-likeness (QED) is 0.914. The van der Waals surface area contributed by atoms with Crippen LogP contribution in [0.2, 0.25) is 0 Å². The summed E-state index contributed by atoms with van der Waals surface area (Å²) in [5.41, 5.74) is 0.874. The fraction of sp³-hybridized carbons (Fsp3) is 0.611. The maximum atomic E-state index is 5.48. The highest BCUT2D eigenvalue weighted by Gasteiger charge is 2.25. The molecule has 2 saturated heterocycles. The number of pyridine rings is 1. The largest absolute Gasteiger partial charge is 0.357 e. The van der Waals surface area contributed by atoms with E-state index in [1.54, 1.807) is 0 Å². The second-order valence-corrected chi connectivity index (χ2v) is 7.23. The van der Waals surface area contributed by atoms with Gasteiger partial charge in [0, 0.05) is 38.9 Å². The summed E-state index contributed by atoms with van der Waals surface area (Å²) in [6.45, 7) is 7.32. The summed E-state index contributed by atoms with van der Waals surface area (Å²) in [5.74, 6) is 3.13. The Hall–Kier alpha value is -1.99. The van der Waals surface area contributed by atoms with Crippen LogP contribution >= 0.6 is 0 Å². The van der Waals surface area contributed by atoms with Crippen LogP contribution in [0.4, 0.5) is 5.82 Å². The van der Waals surface area contributed by atoms with Gasteiger partial charge in [0.15, 0.2) is 5.82 Å². The summed E-state index contributed by atoms with van der Waals surface area (Å²) in [5, 5.41) is 7.56. The molecule has 2 aromatic rings. The molecule has 25 heavy (non-hydrogen) atoms. The third-order valence-corrected chi connectivity index (χ3v) is 5.35. The van der Waals surface area contributed by atoms with Crippen molar-refractivity contribution in [1.29, 1.82) is 0 Å². The van der Waals surface area contributed by atoms with Crippen molar-refractivity contribution in [2.75, 3.05) is 44.7 Å². The molecule has 0 bridgehead atoms. The number of hydrogen-bond donors (Lipinski definition) is 1. The topological polar surface area (TPSA) is 70.3 Å². The van der Waals surface area contributed by atoms with E-state index in [0.717, 1.165) is 55.8 Å². The molecule has 1 unspecified atom stereocenters. The minimum absolute atomic E-state index is 0.161. The second kappa shape index (κ2) is 7.09. The molecule has 4 rings (SSSR count). The standard InChI is InChI=1S/C18H26N6O/c1-13-5-8-24(9-6-13)16-4-3-14(11-20-16)18-21-17(22-25-18)15-12-19-7-10-23(15)2/h3-4,11,13,15,19H,5-10,12H2,1-2H3. The third kappa shape index (κ3) is 3.52. The molecule has 2 fully saturated rings. The number of anilines is 1. The third-order valence-electron chi connectivity index (χ3n) is 5.35. The van der Waals surface area contributed by atoms with E-state index in [9.17, 15) is 0 Å². The normalized spacial score (nSPS) is 23.1. The van der Waals surface area contributed by atoms with Crippen LogP contribution in [-0.2, 0) is 0 Å². The Morgan fingerprint density at radius 1 is 1.20 bits per heavy atom. The molecule has 7 heteroatoms. The number of hydrogen-bond acceptors (Lipinski definition) is 7. The average Bonchev–Trinajstić information content (AvgIpc) is 3.13. The van der Waals surface area contributed by atoms with Gasteiger partial charge in [-0.15, -0.1) is 0 Å². The van der Waals surface area contributed by atoms with E-state index < -0.39 is 0 Å². The van der Waals surface area contributed by atoms with E-state index in [0.29, 0.717) is 5.89 Å². The smallest absolute Gasteiger partial charge is 0.259 e. The molecule has 0 aliphatic carbocycles. The SMILES string of the molecule is CC1CCN(c2ccc(-c3nc(C4CNCCN4C)no3)cn2)CC1. The van der Waals surface area contributed by atoms with Crippen LogP contribution in [0.1, 0.15) is 31.6 Å². The molecule has 1 N–H and O–H groups in total. The van der Waals surface area contributed by atoms with Crippen molar-refractivity contribution in [3.63, 3.8) is 0 Å². The van der Waals surface area contributed by atoms with Crippen molar-refractivity contribution < 1.29 is 4.52 Å². The number of piperazine rings is 1. The molecule has 7 nitrogen and oxygen atoms in total. The fourth-order valence-corrected chi connectivity index (χ4v) is 3.52. The molecular formula is C18H26N6O. The van der Waals surface area contributed by atoms with Gasteiger partial charge in [-0.2, -0.15) is 4.98 Å². The zero-order valence-electron chi connectivity index (χ0n) is 15.0. The van der Waals surface area contributed by atoms with Crippen LogP contribution in [-0.4, -0.2) is 59.8 Å². The first-order valence-electron chi connectivity index (χ1n) is 9.16. The molecule has 0 aromatic carbocycles. The molecule has 2 aliphatic heterocycles. The van der Waals surface area contributed by atoms with Crippen molar-refractivity contribution in [1.82, 2.24) is 25.3 Å². The summed E-state index contributed by atoms with van der Waals surface area (Å²) >= 11 is 0. The van der Waals surface area contributed by atoms with Gasteiger partial charge in [-0.1, -0.05) is 12.1 Å². The molecule has 0 radical (unpaired) electrons. The first kappa shape index (κ1) is 16.5. The molecule has 2 aliphatic rings. The number of likely N-dealkylation sites (N-methyl/N-ethyl adjacent to an activating group) is 1. The molecular weight excluding hydrogens is 316 g/mol. The van der Waals surface area contributed by atoms with E-state index in [4.69, 9.17) is 4.52 Å². The molecule has 0 amide bonds. The van der Waals surface area contributed by atoms with Gasteiger partial charge >= 0.3 is 0 Å². The average molecular weight is 342 g/mol. The Labute approximate surface area is 148 Å². The number of nitrogens with zero attached hydrogens (tertiary/aromatic N) is 5. The fourth-order valence-electron chi connectivity index (χ4n) is 3.52. The van der Waals surface area contributed by atoms with Crippen LogP contribution in [0.5, 0.6) is 0 Å². The maximum absolute atomic E-state index is 5.48. The van der Waals surface area contributed by atoms with E-state index in [2.05, 4.69) is 50.3 Å². The van der Waals surface area contributed by atoms with Gasteiger partial charge in [0.05, 0.1) is 11.6 Å². The highest BCUT2D eigenvalue weighted by molar-refractivity contribution is 5.54. The van der Waals surface area contributed by atoms with Crippen LogP contribution < -0.4 is 10.2 Å². The highest BCUT2D eigenvalue weighted by atomic mass is 16.5. The predicted octanol–water partition coefficient (Wildman–Crippen LogP) is 1.94. The van der Waals surface area contributed by atoms with E-state index in [1.165, 1.54) is 12.8 Å². The second-order valence-electron chi connectivity index (χ2n) is 7.23. The predicted molar refractivity (Wildman–Crippen MR) is 96.4 cm³/mol. The Morgan fingerprint density at radius 3 is 2.76 bits per heavy atom. The van der Waals surface area contributed by atoms with Gasteiger partial charge in [0.2, 0.25) is 0 Å². The summed E-state index contributed by atoms with van der Waals surface area (Å²) in [4.78, 5) is 13.8. The lowest BCUT2D eigenvalue weighted by molar-refractivity contribution is 0.190. The molecule has 134 valence electrons. The van der Waals surface area contributed by atoms with Gasteiger partial charge < -0.3 is 14.7 Å². The number of aromatic nitrogens is 3. The van der Waals surface area contributed by atoms with E-state index >= 15 is 0 Å². The minimum Gasteiger partial charge on any atom is -0.357 e. The highest BCUT2D eigenvalue weighted by Crippen LogP contribution is 2.25. The Kier molecular flexibility index (Phi) is 4.67. The molecule has 0 spiro atoms. The van der Waals surface area contributed by atoms with Crippen molar-refractivity contribution in [2.45, 2.75) is 25.8 Å². The molecule has 4 heterocycles. The minimum atomic E-state index is 0.161. The van der Waals surface area contributed by atoms with Crippen LogP contribution in [0.25, 0.3) is 11.5 Å². The Balaban J connectivity index is 1.47. The van der Waals surface area contributed by atoms with Gasteiger partial charge in [-0.05, 0) is 37.9 Å². The van der Waals surface area contributed by atoms with Gasteiger partial charge in [-0.25, -0.2) is 4.98 Å². The number of nitrogens with one attached hydrogen (secondary N) is 1.